The molecule has 0 unspecified atom stereocenters. The van der Waals surface area contributed by atoms with Crippen LogP contribution in [0.2, 0.25) is 0 Å². The van der Waals surface area contributed by atoms with Crippen LogP contribution in [0.15, 0.2) is 60.3 Å². The fourth-order valence-electron chi connectivity index (χ4n) is 3.57. The molecule has 1 aliphatic heterocycles. The van der Waals surface area contributed by atoms with Gasteiger partial charge in [-0.2, -0.15) is 0 Å². The van der Waals surface area contributed by atoms with Crippen LogP contribution < -0.4 is 4.74 Å². The first-order valence-corrected chi connectivity index (χ1v) is 10.7. The minimum atomic E-state index is -0.217. The second-order valence-corrected chi connectivity index (χ2v) is 7.55. The summed E-state index contributed by atoms with van der Waals surface area (Å²) in [6.07, 6.45) is 2.65. The van der Waals surface area contributed by atoms with Crippen molar-refractivity contribution >= 4 is 17.4 Å². The van der Waals surface area contributed by atoms with E-state index >= 15 is 0 Å². The molecule has 5 nitrogen and oxygen atoms in total. The summed E-state index contributed by atoms with van der Waals surface area (Å²) in [6, 6.07) is 17.4. The lowest BCUT2D eigenvalue weighted by molar-refractivity contribution is -0.137. The van der Waals surface area contributed by atoms with Crippen molar-refractivity contribution in [3.8, 4) is 5.75 Å². The molecule has 1 heterocycles. The Morgan fingerprint density at radius 3 is 2.23 bits per heavy atom. The van der Waals surface area contributed by atoms with Gasteiger partial charge < -0.3 is 9.64 Å². The number of amides is 2. The number of rotatable bonds is 10. The van der Waals surface area contributed by atoms with Crippen molar-refractivity contribution in [2.75, 3.05) is 20.2 Å². The predicted octanol–water partition coefficient (Wildman–Crippen LogP) is 4.49. The maximum atomic E-state index is 13.2. The topological polar surface area (TPSA) is 49.9 Å². The zero-order valence-corrected chi connectivity index (χ0v) is 18.1. The van der Waals surface area contributed by atoms with Crippen molar-refractivity contribution in [3.05, 3.63) is 71.4 Å². The third kappa shape index (κ3) is 4.73. The van der Waals surface area contributed by atoms with Crippen molar-refractivity contribution in [1.29, 1.82) is 0 Å². The Balaban J connectivity index is 1.95. The lowest BCUT2D eigenvalue weighted by atomic mass is 10.0. The van der Waals surface area contributed by atoms with E-state index in [1.807, 2.05) is 66.5 Å². The standard InChI is InChI=1S/C25H30N2O3/c1-4-6-16-27-24(28)22(20-12-14-21(15-13-20)30-17-5-2)23(25(27)29)26(3)18-19-10-8-7-9-11-19/h7-15H,4-6,16-18H2,1-3H3. The van der Waals surface area contributed by atoms with Crippen LogP contribution in [0, 0.1) is 0 Å². The van der Waals surface area contributed by atoms with Crippen LogP contribution in [-0.2, 0) is 16.1 Å². The van der Waals surface area contributed by atoms with Gasteiger partial charge in [0.1, 0.15) is 11.4 Å². The molecule has 5 heteroatoms. The van der Waals surface area contributed by atoms with Crippen molar-refractivity contribution < 1.29 is 14.3 Å². The Morgan fingerprint density at radius 2 is 1.60 bits per heavy atom. The number of carbonyl (C=O) groups excluding carboxylic acids is 2. The van der Waals surface area contributed by atoms with E-state index in [-0.39, 0.29) is 11.8 Å². The highest BCUT2D eigenvalue weighted by Gasteiger charge is 2.40. The van der Waals surface area contributed by atoms with Gasteiger partial charge in [-0.05, 0) is 36.1 Å². The summed E-state index contributed by atoms with van der Waals surface area (Å²) in [4.78, 5) is 29.7. The molecule has 0 saturated heterocycles. The van der Waals surface area contributed by atoms with Crippen molar-refractivity contribution in [3.63, 3.8) is 0 Å². The second kappa shape index (κ2) is 10.1. The molecular weight excluding hydrogens is 376 g/mol. The molecule has 158 valence electrons. The normalized spacial score (nSPS) is 13.9. The third-order valence-corrected chi connectivity index (χ3v) is 5.14. The minimum Gasteiger partial charge on any atom is -0.494 e. The Bertz CT molecular complexity index is 904. The van der Waals surface area contributed by atoms with E-state index in [0.717, 1.165) is 36.1 Å². The summed E-state index contributed by atoms with van der Waals surface area (Å²) in [5.41, 5.74) is 2.76. The molecule has 0 aliphatic carbocycles. The van der Waals surface area contributed by atoms with Crippen molar-refractivity contribution in [1.82, 2.24) is 9.80 Å². The maximum Gasteiger partial charge on any atom is 0.277 e. The average molecular weight is 407 g/mol. The Morgan fingerprint density at radius 1 is 0.900 bits per heavy atom. The van der Waals surface area contributed by atoms with E-state index in [2.05, 4.69) is 13.8 Å². The van der Waals surface area contributed by atoms with Gasteiger partial charge in [-0.3, -0.25) is 14.5 Å². The molecule has 0 N–H and O–H groups in total. The zero-order valence-electron chi connectivity index (χ0n) is 18.1. The number of hydrogen-bond acceptors (Lipinski definition) is 4. The van der Waals surface area contributed by atoms with E-state index < -0.39 is 0 Å². The molecule has 2 aromatic carbocycles. The van der Waals surface area contributed by atoms with Gasteiger partial charge in [0.25, 0.3) is 11.8 Å². The first-order valence-electron chi connectivity index (χ1n) is 10.7. The fourth-order valence-corrected chi connectivity index (χ4v) is 3.57. The fraction of sp³-hybridized carbons (Fsp3) is 0.360. The van der Waals surface area contributed by atoms with Crippen molar-refractivity contribution in [2.45, 2.75) is 39.7 Å². The number of unbranched alkanes of at least 4 members (excludes halogenated alkanes) is 1. The monoisotopic (exact) mass is 406 g/mol. The summed E-state index contributed by atoms with van der Waals surface area (Å²) in [6.45, 7) is 5.75. The molecule has 0 fully saturated rings. The second-order valence-electron chi connectivity index (χ2n) is 7.55. The van der Waals surface area contributed by atoms with Crippen LogP contribution in [0.25, 0.3) is 5.57 Å². The molecule has 2 amide bonds. The van der Waals surface area contributed by atoms with E-state index in [4.69, 9.17) is 4.74 Å². The van der Waals surface area contributed by atoms with Crippen LogP contribution >= 0.6 is 0 Å². The average Bonchev–Trinajstić information content (AvgIpc) is 3.01. The van der Waals surface area contributed by atoms with Gasteiger partial charge in [-0.15, -0.1) is 0 Å². The lowest BCUT2D eigenvalue weighted by Crippen LogP contribution is -2.34. The van der Waals surface area contributed by atoms with Crippen LogP contribution in [0.3, 0.4) is 0 Å². The quantitative estimate of drug-likeness (QED) is 0.546. The molecular formula is C25H30N2O3. The van der Waals surface area contributed by atoms with Gasteiger partial charge >= 0.3 is 0 Å². The number of benzene rings is 2. The molecule has 30 heavy (non-hydrogen) atoms. The maximum absolute atomic E-state index is 13.2. The van der Waals surface area contributed by atoms with E-state index in [9.17, 15) is 9.59 Å². The highest BCUT2D eigenvalue weighted by atomic mass is 16.5. The number of hydrogen-bond donors (Lipinski definition) is 0. The highest BCUT2D eigenvalue weighted by molar-refractivity contribution is 6.35. The zero-order chi connectivity index (χ0) is 21.5. The SMILES string of the molecule is CCCCN1C(=O)C(c2ccc(OCCC)cc2)=C(N(C)Cc2ccccc2)C1=O. The Hall–Kier alpha value is -3.08. The number of imide groups is 1. The van der Waals surface area contributed by atoms with Gasteiger partial charge in [0, 0.05) is 20.1 Å². The lowest BCUT2D eigenvalue weighted by Gasteiger charge is -2.21. The Labute approximate surface area is 178 Å². The van der Waals surface area contributed by atoms with E-state index in [0.29, 0.717) is 31.0 Å². The molecule has 0 radical (unpaired) electrons. The summed E-state index contributed by atoms with van der Waals surface area (Å²) in [5, 5.41) is 0. The number of likely N-dealkylation sites (N-methyl/N-ethyl adjacent to an activating group) is 1. The van der Waals surface area contributed by atoms with E-state index in [1.165, 1.54) is 4.90 Å². The molecule has 2 aromatic rings. The minimum absolute atomic E-state index is 0.215. The molecule has 3 rings (SSSR count). The summed E-state index contributed by atoms with van der Waals surface area (Å²) < 4.78 is 5.66. The third-order valence-electron chi connectivity index (χ3n) is 5.14. The number of nitrogens with zero attached hydrogens (tertiary/aromatic N) is 2. The predicted molar refractivity (Wildman–Crippen MR) is 119 cm³/mol. The smallest absolute Gasteiger partial charge is 0.277 e. The number of carbonyl (C=O) groups is 2. The highest BCUT2D eigenvalue weighted by Crippen LogP contribution is 2.32. The molecule has 0 atom stereocenters. The molecule has 0 saturated carbocycles. The van der Waals surface area contributed by atoms with Gasteiger partial charge in [0.2, 0.25) is 0 Å². The molecule has 0 spiro atoms. The molecule has 0 bridgehead atoms. The Kier molecular flexibility index (Phi) is 7.28. The van der Waals surface area contributed by atoms with Crippen LogP contribution in [-0.4, -0.2) is 41.8 Å². The largest absolute Gasteiger partial charge is 0.494 e. The van der Waals surface area contributed by atoms with Gasteiger partial charge in [-0.1, -0.05) is 62.7 Å². The summed E-state index contributed by atoms with van der Waals surface area (Å²) in [7, 11) is 1.87. The van der Waals surface area contributed by atoms with Crippen LogP contribution in [0.4, 0.5) is 0 Å². The number of ether oxygens (including phenoxy) is 1. The van der Waals surface area contributed by atoms with Gasteiger partial charge in [0.15, 0.2) is 0 Å². The summed E-state index contributed by atoms with van der Waals surface area (Å²) >= 11 is 0. The van der Waals surface area contributed by atoms with Gasteiger partial charge in [-0.25, -0.2) is 0 Å². The van der Waals surface area contributed by atoms with Crippen molar-refractivity contribution in [2.24, 2.45) is 0 Å². The molecule has 0 aromatic heterocycles. The first-order chi connectivity index (χ1) is 14.6. The summed E-state index contributed by atoms with van der Waals surface area (Å²) in [5.74, 6) is 0.332. The van der Waals surface area contributed by atoms with E-state index in [1.54, 1.807) is 0 Å². The van der Waals surface area contributed by atoms with Crippen LogP contribution in [0.1, 0.15) is 44.2 Å². The molecule has 1 aliphatic rings. The van der Waals surface area contributed by atoms with Crippen LogP contribution in [0.5, 0.6) is 5.75 Å². The first kappa shape index (κ1) is 21.6. The van der Waals surface area contributed by atoms with Gasteiger partial charge in [0.05, 0.1) is 12.2 Å².